The molecule has 0 amide bonds. The lowest BCUT2D eigenvalue weighted by molar-refractivity contribution is 1.09. The van der Waals surface area contributed by atoms with Gasteiger partial charge in [0.25, 0.3) is 0 Å². The summed E-state index contributed by atoms with van der Waals surface area (Å²) in [6, 6.07) is 18.5. The fourth-order valence-corrected chi connectivity index (χ4v) is 6.16. The molecule has 3 aromatic carbocycles. The summed E-state index contributed by atoms with van der Waals surface area (Å²) in [5.41, 5.74) is 5.75. The van der Waals surface area contributed by atoms with Crippen molar-refractivity contribution in [2.45, 2.75) is 14.7 Å². The van der Waals surface area contributed by atoms with Crippen molar-refractivity contribution in [3.8, 4) is 11.1 Å². The number of hydrogen-bond donors (Lipinski definition) is 0. The number of rotatable bonds is 2. The molecule has 23 heavy (non-hydrogen) atoms. The summed E-state index contributed by atoms with van der Waals surface area (Å²) in [5, 5.41) is 2.85. The molecule has 3 aromatic rings. The maximum Gasteiger partial charge on any atom is 0.248 e. The van der Waals surface area contributed by atoms with Crippen molar-refractivity contribution < 1.29 is 0 Å². The maximum atomic E-state index is 3.10. The van der Waals surface area contributed by atoms with Crippen LogP contribution >= 0.6 is 0 Å². The minimum Gasteiger partial charge on any atom is -0.124 e. The zero-order chi connectivity index (χ0) is 16.2. The predicted molar refractivity (Wildman–Crippen MR) is 104 cm³/mol. The molecule has 0 bridgehead atoms. The van der Waals surface area contributed by atoms with Crippen LogP contribution in [0.5, 0.6) is 0 Å². The first-order chi connectivity index (χ1) is 11.1. The molecule has 0 saturated heterocycles. The van der Waals surface area contributed by atoms with E-state index in [9.17, 15) is 0 Å². The van der Waals surface area contributed by atoms with Crippen LogP contribution in [-0.2, 0) is 3.14 Å². The van der Waals surface area contributed by atoms with Crippen molar-refractivity contribution in [3.63, 3.8) is 0 Å². The lowest BCUT2D eigenvalue weighted by Crippen LogP contribution is -2.29. The van der Waals surface area contributed by atoms with Gasteiger partial charge in [-0.2, -0.15) is 0 Å². The topological polar surface area (TPSA) is 0 Å². The van der Waals surface area contributed by atoms with Gasteiger partial charge >= 0.3 is 0 Å². The monoisotopic (exact) mass is 350 g/mol. The van der Waals surface area contributed by atoms with E-state index in [4.69, 9.17) is 0 Å². The zero-order valence-electron chi connectivity index (χ0n) is 13.4. The van der Waals surface area contributed by atoms with Gasteiger partial charge in [0, 0.05) is 0 Å². The van der Waals surface area contributed by atoms with Crippen molar-refractivity contribution in [2.75, 3.05) is 0 Å². The van der Waals surface area contributed by atoms with E-state index in [1.165, 1.54) is 41.9 Å². The van der Waals surface area contributed by atoms with Crippen molar-refractivity contribution in [1.82, 2.24) is 0 Å². The second-order valence-corrected chi connectivity index (χ2v) is 11.1. The van der Waals surface area contributed by atoms with Crippen LogP contribution < -0.4 is 8.85 Å². The highest BCUT2D eigenvalue weighted by Crippen LogP contribution is 2.47. The lowest BCUT2D eigenvalue weighted by Gasteiger charge is -2.26. The van der Waals surface area contributed by atoms with Gasteiger partial charge in [0.15, 0.2) is 0 Å². The van der Waals surface area contributed by atoms with E-state index < -0.39 is 0 Å². The van der Waals surface area contributed by atoms with Gasteiger partial charge in [-0.15, -0.1) is 23.6 Å². The van der Waals surface area contributed by atoms with Crippen LogP contribution in [0.15, 0.2) is 48.5 Å². The molecular weight excluding hydrogens is 336 g/mol. The van der Waals surface area contributed by atoms with E-state index >= 15 is 0 Å². The zero-order valence-corrected chi connectivity index (χ0v) is 18.0. The fraction of sp³-hybridized carbons (Fsp3) is 0.158. The first-order valence-electron chi connectivity index (χ1n) is 7.95. The van der Waals surface area contributed by atoms with Gasteiger partial charge in [0.2, 0.25) is 30.4 Å². The summed E-state index contributed by atoms with van der Waals surface area (Å²) in [7, 11) is 0. The van der Waals surface area contributed by atoms with Gasteiger partial charge in [-0.05, 0) is 21.9 Å². The smallest absolute Gasteiger partial charge is 0.124 e. The van der Waals surface area contributed by atoms with Crippen LogP contribution in [0.2, 0.25) is 11.6 Å². The normalized spacial score (nSPS) is 14.3. The Morgan fingerprint density at radius 2 is 1.57 bits per heavy atom. The van der Waals surface area contributed by atoms with Crippen molar-refractivity contribution in [1.29, 1.82) is 0 Å². The first-order valence-corrected chi connectivity index (χ1v) is 12.6. The molecule has 102 valence electrons. The van der Waals surface area contributed by atoms with Crippen molar-refractivity contribution in [2.24, 2.45) is 0 Å². The van der Waals surface area contributed by atoms with Crippen molar-refractivity contribution >= 4 is 82.6 Å². The van der Waals surface area contributed by atoms with Gasteiger partial charge in [-0.3, -0.25) is 0 Å². The molecular formula is C19H14Al4. The first kappa shape index (κ1) is 16.5. The molecule has 4 rings (SSSR count). The third kappa shape index (κ3) is 2.46. The van der Waals surface area contributed by atoms with Gasteiger partial charge < -0.3 is 0 Å². The quantitative estimate of drug-likeness (QED) is 0.621. The highest BCUT2D eigenvalue weighted by molar-refractivity contribution is 6.57. The minimum atomic E-state index is -0.0529. The Hall–Kier alpha value is 0.0499. The highest BCUT2D eigenvalue weighted by atomic mass is 27.1. The van der Waals surface area contributed by atoms with Crippen LogP contribution in [0.4, 0.5) is 0 Å². The van der Waals surface area contributed by atoms with Gasteiger partial charge in [0.1, 0.15) is 32.6 Å². The van der Waals surface area contributed by atoms with Crippen LogP contribution in [0.1, 0.15) is 11.1 Å². The average molecular weight is 350 g/mol. The van der Waals surface area contributed by atoms with E-state index in [1.54, 1.807) is 0 Å². The molecule has 0 nitrogen and oxygen atoms in total. The highest BCUT2D eigenvalue weighted by Gasteiger charge is 2.34. The van der Waals surface area contributed by atoms with Gasteiger partial charge in [-0.25, -0.2) is 0 Å². The third-order valence-corrected chi connectivity index (χ3v) is 8.29. The molecule has 0 spiro atoms. The van der Waals surface area contributed by atoms with Gasteiger partial charge in [-0.1, -0.05) is 59.7 Å². The molecule has 0 fully saturated rings. The van der Waals surface area contributed by atoms with Crippen LogP contribution in [0.3, 0.4) is 0 Å². The molecule has 0 aromatic heterocycles. The van der Waals surface area contributed by atoms with Crippen LogP contribution in [0.25, 0.3) is 21.9 Å². The Balaban J connectivity index is 2.15. The van der Waals surface area contributed by atoms with E-state index in [1.807, 2.05) is 0 Å². The number of benzene rings is 3. The number of hydrogen-bond acceptors (Lipinski definition) is 0. The predicted octanol–water partition coefficient (Wildman–Crippen LogP) is 2.11. The molecule has 0 unspecified atom stereocenters. The van der Waals surface area contributed by atoms with Crippen molar-refractivity contribution in [3.05, 3.63) is 59.7 Å². The molecule has 1 aliphatic rings. The second kappa shape index (κ2) is 6.09. The number of fused-ring (bicyclic) bond motifs is 5. The van der Waals surface area contributed by atoms with E-state index in [2.05, 4.69) is 92.7 Å². The Labute approximate surface area is 166 Å². The Kier molecular flexibility index (Phi) is 4.37. The Bertz CT molecular complexity index is 928. The summed E-state index contributed by atoms with van der Waals surface area (Å²) in [5.74, 6) is 4.65. The molecule has 1 aliphatic carbocycles. The third-order valence-electron chi connectivity index (χ3n) is 4.93. The Morgan fingerprint density at radius 3 is 2.26 bits per heavy atom. The minimum absolute atomic E-state index is 0.0529. The fourth-order valence-electron chi connectivity index (χ4n) is 3.71. The average Bonchev–Trinajstić information content (AvgIpc) is 2.81. The standard InChI is InChI=1S/C17H8.2CH3.4Al/c1-3-7-15-12(5-1)9-10-14-11-13-6-2-4-8-16(13)17(14)15;;;;;;/h1,3-8,10H;2*1H3;;;;. The summed E-state index contributed by atoms with van der Waals surface area (Å²) < 4.78 is 2.97. The summed E-state index contributed by atoms with van der Waals surface area (Å²) in [4.78, 5) is 0. The summed E-state index contributed by atoms with van der Waals surface area (Å²) in [6.45, 7) is 0. The Morgan fingerprint density at radius 1 is 0.826 bits per heavy atom. The molecule has 0 atom stereocenters. The van der Waals surface area contributed by atoms with E-state index in [-0.39, 0.29) is 3.14 Å². The SMILES string of the molecule is [CH3][Al][c]1ccc2c(c1)[C]([Al])([Al])c1c[c]([Al][CH3])c3ccccc3c1-2. The molecule has 4 heteroatoms. The molecule has 0 aliphatic heterocycles. The molecule has 0 N–H and O–H groups in total. The lowest BCUT2D eigenvalue weighted by atomic mass is 9.98. The van der Waals surface area contributed by atoms with Crippen LogP contribution in [0, 0.1) is 0 Å². The summed E-state index contributed by atoms with van der Waals surface area (Å²) in [6.07, 6.45) is 0. The van der Waals surface area contributed by atoms with Gasteiger partial charge in [0.05, 0.1) is 0 Å². The molecule has 0 heterocycles. The maximum absolute atomic E-state index is 3.10. The van der Waals surface area contributed by atoms with E-state index in [0.717, 1.165) is 0 Å². The van der Waals surface area contributed by atoms with E-state index in [0.29, 0.717) is 30.4 Å². The molecule has 6 radical (unpaired) electrons. The second-order valence-electron chi connectivity index (χ2n) is 6.19. The van der Waals surface area contributed by atoms with Crippen LogP contribution in [-0.4, -0.2) is 63.0 Å². The molecule has 0 saturated carbocycles. The largest absolute Gasteiger partial charge is 0.248 e. The summed E-state index contributed by atoms with van der Waals surface area (Å²) >= 11 is 6.87.